The molecular formula is C19H19N2O7-. The molecule has 9 heteroatoms. The van der Waals surface area contributed by atoms with Crippen LogP contribution >= 0.6 is 0 Å². The van der Waals surface area contributed by atoms with E-state index in [4.69, 9.17) is 9.47 Å². The molecule has 148 valence electrons. The number of methoxy groups -OCH3 is 1. The van der Waals surface area contributed by atoms with Crippen molar-refractivity contribution in [2.24, 2.45) is 0 Å². The van der Waals surface area contributed by atoms with Crippen LogP contribution in [0.1, 0.15) is 35.3 Å². The van der Waals surface area contributed by atoms with Gasteiger partial charge in [-0.05, 0) is 36.8 Å². The fourth-order valence-electron chi connectivity index (χ4n) is 2.57. The van der Waals surface area contributed by atoms with Crippen molar-refractivity contribution < 1.29 is 29.1 Å². The molecule has 0 fully saturated rings. The maximum Gasteiger partial charge on any atom is 0.269 e. The monoisotopic (exact) mass is 387 g/mol. The summed E-state index contributed by atoms with van der Waals surface area (Å²) < 4.78 is 10.7. The molecule has 0 radical (unpaired) electrons. The number of carboxylic acids is 1. The number of carbonyl (C=O) groups is 2. The second kappa shape index (κ2) is 9.36. The van der Waals surface area contributed by atoms with Crippen molar-refractivity contribution in [1.29, 1.82) is 0 Å². The molecule has 9 nitrogen and oxygen atoms in total. The summed E-state index contributed by atoms with van der Waals surface area (Å²) in [6, 6.07) is 8.91. The van der Waals surface area contributed by atoms with Crippen molar-refractivity contribution in [1.82, 2.24) is 5.32 Å². The minimum Gasteiger partial charge on any atom is -0.550 e. The van der Waals surface area contributed by atoms with Crippen molar-refractivity contribution >= 4 is 17.6 Å². The van der Waals surface area contributed by atoms with Crippen LogP contribution < -0.4 is 19.9 Å². The molecular weight excluding hydrogens is 368 g/mol. The van der Waals surface area contributed by atoms with E-state index in [0.717, 1.165) is 0 Å². The number of nitrogens with one attached hydrogen (secondary N) is 1. The van der Waals surface area contributed by atoms with Crippen LogP contribution in [0.3, 0.4) is 0 Å². The SMILES string of the molecule is CCOc1ccc([C@H](CC(=O)[O-])NC(=O)c2ccc([N+](=O)[O-])cc2)cc1OC. The summed E-state index contributed by atoms with van der Waals surface area (Å²) in [5.41, 5.74) is 0.491. The topological polar surface area (TPSA) is 131 Å². The summed E-state index contributed by atoms with van der Waals surface area (Å²) in [6.07, 6.45) is -0.462. The summed E-state index contributed by atoms with van der Waals surface area (Å²) in [7, 11) is 1.45. The number of benzene rings is 2. The van der Waals surface area contributed by atoms with Gasteiger partial charge in [-0.3, -0.25) is 14.9 Å². The summed E-state index contributed by atoms with van der Waals surface area (Å²) in [5, 5.41) is 24.5. The molecule has 2 aromatic carbocycles. The molecule has 0 aliphatic heterocycles. The zero-order valence-electron chi connectivity index (χ0n) is 15.3. The molecule has 0 bridgehead atoms. The largest absolute Gasteiger partial charge is 0.550 e. The molecule has 2 rings (SSSR count). The Balaban J connectivity index is 2.27. The van der Waals surface area contributed by atoms with E-state index in [9.17, 15) is 24.8 Å². The molecule has 0 saturated heterocycles. The third-order valence-electron chi connectivity index (χ3n) is 3.91. The van der Waals surface area contributed by atoms with Crippen molar-refractivity contribution in [2.75, 3.05) is 13.7 Å². The molecule has 0 aliphatic rings. The van der Waals surface area contributed by atoms with Gasteiger partial charge in [0.1, 0.15) is 0 Å². The fourth-order valence-corrected chi connectivity index (χ4v) is 2.57. The van der Waals surface area contributed by atoms with Crippen LogP contribution in [0.15, 0.2) is 42.5 Å². The van der Waals surface area contributed by atoms with Gasteiger partial charge in [0.05, 0.1) is 24.7 Å². The predicted octanol–water partition coefficient (Wildman–Crippen LogP) is 1.61. The lowest BCUT2D eigenvalue weighted by atomic mass is 10.0. The molecule has 0 spiro atoms. The van der Waals surface area contributed by atoms with Gasteiger partial charge in [0.2, 0.25) is 0 Å². The summed E-state index contributed by atoms with van der Waals surface area (Å²) in [6.45, 7) is 2.24. The van der Waals surface area contributed by atoms with Crippen molar-refractivity contribution in [2.45, 2.75) is 19.4 Å². The normalized spacial score (nSPS) is 11.4. The van der Waals surface area contributed by atoms with Crippen LogP contribution in [-0.4, -0.2) is 30.5 Å². The highest BCUT2D eigenvalue weighted by atomic mass is 16.6. The maximum absolute atomic E-state index is 12.5. The number of ether oxygens (including phenoxy) is 2. The number of non-ortho nitro benzene ring substituents is 1. The number of amides is 1. The molecule has 0 saturated carbocycles. The number of carbonyl (C=O) groups excluding carboxylic acids is 2. The van der Waals surface area contributed by atoms with E-state index in [1.165, 1.54) is 31.4 Å². The zero-order chi connectivity index (χ0) is 20.7. The highest BCUT2D eigenvalue weighted by molar-refractivity contribution is 5.94. The molecule has 0 unspecified atom stereocenters. The van der Waals surface area contributed by atoms with Crippen molar-refractivity contribution in [3.8, 4) is 11.5 Å². The van der Waals surface area contributed by atoms with Crippen LogP contribution in [0.2, 0.25) is 0 Å². The van der Waals surface area contributed by atoms with Gasteiger partial charge in [-0.15, -0.1) is 0 Å². The number of carboxylic acid groups (broad SMARTS) is 1. The van der Waals surface area contributed by atoms with Crippen LogP contribution in [0, 0.1) is 10.1 Å². The number of rotatable bonds is 9. The fraction of sp³-hybridized carbons (Fsp3) is 0.263. The van der Waals surface area contributed by atoms with Gasteiger partial charge in [-0.1, -0.05) is 6.07 Å². The standard InChI is InChI=1S/C19H20N2O7/c1-3-28-16-9-6-13(10-17(16)27-2)15(11-18(22)23)20-19(24)12-4-7-14(8-5-12)21(25)26/h4-10,15H,3,11H2,1-2H3,(H,20,24)(H,22,23)/p-1/t15-/m0/s1. The second-order valence-electron chi connectivity index (χ2n) is 5.75. The molecule has 2 aromatic rings. The van der Waals surface area contributed by atoms with Gasteiger partial charge in [-0.2, -0.15) is 0 Å². The third kappa shape index (κ3) is 5.19. The lowest BCUT2D eigenvalue weighted by molar-refractivity contribution is -0.384. The van der Waals surface area contributed by atoms with E-state index < -0.39 is 29.3 Å². The van der Waals surface area contributed by atoms with E-state index in [0.29, 0.717) is 23.7 Å². The highest BCUT2D eigenvalue weighted by Crippen LogP contribution is 2.31. The molecule has 0 heterocycles. The van der Waals surface area contributed by atoms with E-state index >= 15 is 0 Å². The Morgan fingerprint density at radius 3 is 2.36 bits per heavy atom. The molecule has 1 atom stereocenters. The van der Waals surface area contributed by atoms with Gasteiger partial charge in [0.25, 0.3) is 11.6 Å². The average molecular weight is 387 g/mol. The average Bonchev–Trinajstić information content (AvgIpc) is 2.67. The number of nitro groups is 1. The Hall–Kier alpha value is -3.62. The Labute approximate surface area is 161 Å². The predicted molar refractivity (Wildman–Crippen MR) is 97.1 cm³/mol. The Morgan fingerprint density at radius 1 is 1.14 bits per heavy atom. The first-order valence-electron chi connectivity index (χ1n) is 8.41. The second-order valence-corrected chi connectivity index (χ2v) is 5.75. The van der Waals surface area contributed by atoms with Crippen LogP contribution in [0.4, 0.5) is 5.69 Å². The summed E-state index contributed by atoms with van der Waals surface area (Å²) >= 11 is 0. The molecule has 0 aliphatic carbocycles. The molecule has 1 amide bonds. The maximum atomic E-state index is 12.5. The number of nitrogens with zero attached hydrogens (tertiary/aromatic N) is 1. The summed E-state index contributed by atoms with van der Waals surface area (Å²) in [4.78, 5) is 33.8. The molecule has 0 aromatic heterocycles. The minimum absolute atomic E-state index is 0.154. The van der Waals surface area contributed by atoms with Gasteiger partial charge in [-0.25, -0.2) is 0 Å². The van der Waals surface area contributed by atoms with Crippen molar-refractivity contribution in [3.63, 3.8) is 0 Å². The zero-order valence-corrected chi connectivity index (χ0v) is 15.3. The quantitative estimate of drug-likeness (QED) is 0.511. The van der Waals surface area contributed by atoms with E-state index in [1.54, 1.807) is 18.2 Å². The smallest absolute Gasteiger partial charge is 0.269 e. The first-order valence-corrected chi connectivity index (χ1v) is 8.41. The number of nitro benzene ring substituents is 1. The third-order valence-corrected chi connectivity index (χ3v) is 3.91. The number of aliphatic carboxylic acids is 1. The Morgan fingerprint density at radius 2 is 1.82 bits per heavy atom. The van der Waals surface area contributed by atoms with Gasteiger partial charge < -0.3 is 24.7 Å². The van der Waals surface area contributed by atoms with Gasteiger partial charge >= 0.3 is 0 Å². The number of hydrogen-bond donors (Lipinski definition) is 1. The number of hydrogen-bond acceptors (Lipinski definition) is 7. The Kier molecular flexibility index (Phi) is 6.91. The lowest BCUT2D eigenvalue weighted by Gasteiger charge is -2.21. The summed E-state index contributed by atoms with van der Waals surface area (Å²) in [5.74, 6) is -1.04. The minimum atomic E-state index is -1.35. The van der Waals surface area contributed by atoms with E-state index in [-0.39, 0.29) is 11.3 Å². The molecule has 28 heavy (non-hydrogen) atoms. The first-order chi connectivity index (χ1) is 13.3. The Bertz CT molecular complexity index is 865. The highest BCUT2D eigenvalue weighted by Gasteiger charge is 2.19. The van der Waals surface area contributed by atoms with Gasteiger partial charge in [0, 0.05) is 30.1 Å². The lowest BCUT2D eigenvalue weighted by Crippen LogP contribution is -2.34. The van der Waals surface area contributed by atoms with Crippen molar-refractivity contribution in [3.05, 3.63) is 63.7 Å². The molecule has 1 N–H and O–H groups in total. The van der Waals surface area contributed by atoms with Crippen LogP contribution in [0.5, 0.6) is 11.5 Å². The van der Waals surface area contributed by atoms with Crippen LogP contribution in [0.25, 0.3) is 0 Å². The van der Waals surface area contributed by atoms with Crippen LogP contribution in [-0.2, 0) is 4.79 Å². The van der Waals surface area contributed by atoms with E-state index in [1.807, 2.05) is 6.92 Å². The first kappa shape index (κ1) is 20.7. The van der Waals surface area contributed by atoms with Gasteiger partial charge in [0.15, 0.2) is 11.5 Å². The van der Waals surface area contributed by atoms with E-state index in [2.05, 4.69) is 5.32 Å².